The van der Waals surface area contributed by atoms with Gasteiger partial charge in [0.05, 0.1) is 5.69 Å². The van der Waals surface area contributed by atoms with E-state index in [2.05, 4.69) is 4.98 Å². The molecule has 1 rings (SSSR count). The van der Waals surface area contributed by atoms with E-state index in [-0.39, 0.29) is 0 Å². The molecule has 0 spiro atoms. The van der Waals surface area contributed by atoms with Crippen LogP contribution in [-0.2, 0) is 15.1 Å². The Hall–Kier alpha value is -1.91. The van der Waals surface area contributed by atoms with Crippen LogP contribution in [0, 0.1) is 6.92 Å². The number of aldehydes is 1. The fourth-order valence-corrected chi connectivity index (χ4v) is 1.83. The van der Waals surface area contributed by atoms with E-state index in [0.717, 1.165) is 5.56 Å². The van der Waals surface area contributed by atoms with Crippen molar-refractivity contribution in [3.8, 4) is 0 Å². The molecule has 0 radical (unpaired) electrons. The zero-order valence-electron chi connectivity index (χ0n) is 12.9. The summed E-state index contributed by atoms with van der Waals surface area (Å²) in [6.45, 7) is 8.85. The minimum Gasteiger partial charge on any atom is -0.444 e. The Morgan fingerprint density at radius 3 is 2.40 bits per heavy atom. The summed E-state index contributed by atoms with van der Waals surface area (Å²) >= 11 is 0. The monoisotopic (exact) mass is 278 g/mol. The first kappa shape index (κ1) is 16.1. The van der Waals surface area contributed by atoms with Gasteiger partial charge in [0.15, 0.2) is 6.29 Å². The summed E-state index contributed by atoms with van der Waals surface area (Å²) in [4.78, 5) is 29.3. The average Bonchev–Trinajstić information content (AvgIpc) is 2.35. The number of ether oxygens (including phenoxy) is 1. The lowest BCUT2D eigenvalue weighted by molar-refractivity contribution is -0.117. The maximum atomic E-state index is 12.2. The number of rotatable bonds is 3. The molecule has 5 heteroatoms. The molecule has 0 saturated carbocycles. The van der Waals surface area contributed by atoms with Gasteiger partial charge in [-0.25, -0.2) is 4.79 Å². The Bertz CT molecular complexity index is 508. The van der Waals surface area contributed by atoms with Crippen LogP contribution < -0.4 is 0 Å². The molecule has 0 saturated heterocycles. The summed E-state index contributed by atoms with van der Waals surface area (Å²) in [5, 5.41) is 0. The van der Waals surface area contributed by atoms with Gasteiger partial charge in [-0.05, 0) is 46.2 Å². The first-order valence-electron chi connectivity index (χ1n) is 6.47. The second kappa shape index (κ2) is 5.61. The van der Waals surface area contributed by atoms with Crippen molar-refractivity contribution < 1.29 is 14.3 Å². The van der Waals surface area contributed by atoms with Crippen molar-refractivity contribution in [2.75, 3.05) is 7.05 Å². The van der Waals surface area contributed by atoms with E-state index in [1.165, 1.54) is 11.9 Å². The van der Waals surface area contributed by atoms with E-state index in [1.54, 1.807) is 40.0 Å². The maximum absolute atomic E-state index is 12.2. The molecule has 0 aliphatic heterocycles. The molecule has 0 aromatic carbocycles. The minimum atomic E-state index is -1.16. The van der Waals surface area contributed by atoms with Gasteiger partial charge >= 0.3 is 6.09 Å². The number of likely N-dealkylation sites (N-methyl/N-ethyl adjacent to an activating group) is 1. The summed E-state index contributed by atoms with van der Waals surface area (Å²) in [6.07, 6.45) is 1.76. The highest BCUT2D eigenvalue weighted by atomic mass is 16.6. The summed E-state index contributed by atoms with van der Waals surface area (Å²) in [6, 6.07) is 3.64. The van der Waals surface area contributed by atoms with Gasteiger partial charge < -0.3 is 9.53 Å². The normalized spacial score (nSPS) is 14.3. The molecule has 0 aliphatic carbocycles. The van der Waals surface area contributed by atoms with Gasteiger partial charge in [-0.15, -0.1) is 0 Å². The maximum Gasteiger partial charge on any atom is 0.411 e. The Morgan fingerprint density at radius 2 is 1.95 bits per heavy atom. The molecular weight excluding hydrogens is 256 g/mol. The van der Waals surface area contributed by atoms with E-state index in [9.17, 15) is 9.59 Å². The van der Waals surface area contributed by atoms with Crippen LogP contribution in [0.2, 0.25) is 0 Å². The van der Waals surface area contributed by atoms with Crippen molar-refractivity contribution in [3.05, 3.63) is 29.6 Å². The van der Waals surface area contributed by atoms with Crippen LogP contribution in [0.15, 0.2) is 18.3 Å². The van der Waals surface area contributed by atoms with Gasteiger partial charge in [-0.3, -0.25) is 9.88 Å². The summed E-state index contributed by atoms with van der Waals surface area (Å²) in [5.41, 5.74) is -0.386. The molecule has 1 heterocycles. The van der Waals surface area contributed by atoms with Crippen molar-refractivity contribution in [1.29, 1.82) is 0 Å². The zero-order chi connectivity index (χ0) is 15.6. The van der Waals surface area contributed by atoms with Crippen molar-refractivity contribution in [1.82, 2.24) is 9.88 Å². The highest BCUT2D eigenvalue weighted by Gasteiger charge is 2.38. The zero-order valence-corrected chi connectivity index (χ0v) is 12.9. The predicted molar refractivity (Wildman–Crippen MR) is 76.4 cm³/mol. The molecule has 1 atom stereocenters. The fraction of sp³-hybridized carbons (Fsp3) is 0.533. The Morgan fingerprint density at radius 1 is 1.35 bits per heavy atom. The van der Waals surface area contributed by atoms with Gasteiger partial charge in [-0.1, -0.05) is 6.07 Å². The third-order valence-electron chi connectivity index (χ3n) is 3.08. The standard InChI is InChI=1S/C15H22N2O3/c1-11-8-7-9-16-12(11)15(5,10-18)17(6)13(19)20-14(2,3)4/h7-10H,1-6H3. The molecule has 20 heavy (non-hydrogen) atoms. The number of carbonyl (C=O) groups is 2. The topological polar surface area (TPSA) is 59.5 Å². The fourth-order valence-electron chi connectivity index (χ4n) is 1.83. The number of aryl methyl sites for hydroxylation is 1. The van der Waals surface area contributed by atoms with Gasteiger partial charge in [-0.2, -0.15) is 0 Å². The van der Waals surface area contributed by atoms with Crippen LogP contribution in [0.4, 0.5) is 4.79 Å². The lowest BCUT2D eigenvalue weighted by atomic mass is 9.94. The van der Waals surface area contributed by atoms with Crippen LogP contribution in [0.3, 0.4) is 0 Å². The molecule has 1 unspecified atom stereocenters. The smallest absolute Gasteiger partial charge is 0.411 e. The highest BCUT2D eigenvalue weighted by molar-refractivity contribution is 5.77. The Labute approximate surface area is 119 Å². The Kier molecular flexibility index (Phi) is 4.53. The van der Waals surface area contributed by atoms with E-state index in [1.807, 2.05) is 13.0 Å². The third kappa shape index (κ3) is 3.35. The number of aromatic nitrogens is 1. The average molecular weight is 278 g/mol. The molecular formula is C15H22N2O3. The van der Waals surface area contributed by atoms with E-state index in [0.29, 0.717) is 12.0 Å². The lowest BCUT2D eigenvalue weighted by Gasteiger charge is -2.35. The van der Waals surface area contributed by atoms with Crippen LogP contribution >= 0.6 is 0 Å². The molecule has 1 amide bonds. The van der Waals surface area contributed by atoms with E-state index >= 15 is 0 Å². The van der Waals surface area contributed by atoms with Crippen molar-refractivity contribution >= 4 is 12.4 Å². The molecule has 0 N–H and O–H groups in total. The molecule has 0 bridgehead atoms. The predicted octanol–water partition coefficient (Wildman–Crippen LogP) is 2.67. The number of hydrogen-bond donors (Lipinski definition) is 0. The second-order valence-corrected chi connectivity index (χ2v) is 5.97. The molecule has 110 valence electrons. The molecule has 5 nitrogen and oxygen atoms in total. The summed E-state index contributed by atoms with van der Waals surface area (Å²) < 4.78 is 5.31. The van der Waals surface area contributed by atoms with Crippen LogP contribution in [0.1, 0.15) is 39.0 Å². The Balaban J connectivity index is 3.14. The third-order valence-corrected chi connectivity index (χ3v) is 3.08. The summed E-state index contributed by atoms with van der Waals surface area (Å²) in [5.74, 6) is 0. The molecule has 0 fully saturated rings. The number of pyridine rings is 1. The quantitative estimate of drug-likeness (QED) is 0.798. The highest BCUT2D eigenvalue weighted by Crippen LogP contribution is 2.27. The molecule has 1 aromatic rings. The van der Waals surface area contributed by atoms with Gasteiger partial charge in [0.25, 0.3) is 0 Å². The summed E-state index contributed by atoms with van der Waals surface area (Å²) in [7, 11) is 1.54. The second-order valence-electron chi connectivity index (χ2n) is 5.97. The van der Waals surface area contributed by atoms with Crippen LogP contribution in [0.25, 0.3) is 0 Å². The van der Waals surface area contributed by atoms with Crippen LogP contribution in [0.5, 0.6) is 0 Å². The van der Waals surface area contributed by atoms with Gasteiger partial charge in [0.1, 0.15) is 11.1 Å². The van der Waals surface area contributed by atoms with Crippen molar-refractivity contribution in [2.45, 2.75) is 45.8 Å². The van der Waals surface area contributed by atoms with E-state index in [4.69, 9.17) is 4.74 Å². The van der Waals surface area contributed by atoms with Crippen molar-refractivity contribution in [3.63, 3.8) is 0 Å². The number of amides is 1. The van der Waals surface area contributed by atoms with Crippen LogP contribution in [-0.4, -0.2) is 34.9 Å². The lowest BCUT2D eigenvalue weighted by Crippen LogP contribution is -2.49. The number of carbonyl (C=O) groups excluding carboxylic acids is 2. The van der Waals surface area contributed by atoms with Gasteiger partial charge in [0.2, 0.25) is 0 Å². The number of nitrogens with zero attached hydrogens (tertiary/aromatic N) is 2. The minimum absolute atomic E-state index is 0.545. The first-order valence-corrected chi connectivity index (χ1v) is 6.47. The molecule has 0 aliphatic rings. The van der Waals surface area contributed by atoms with Gasteiger partial charge in [0, 0.05) is 13.2 Å². The largest absolute Gasteiger partial charge is 0.444 e. The number of hydrogen-bond acceptors (Lipinski definition) is 4. The molecule has 1 aromatic heterocycles. The van der Waals surface area contributed by atoms with E-state index < -0.39 is 17.2 Å². The first-order chi connectivity index (χ1) is 9.12. The SMILES string of the molecule is Cc1cccnc1C(C)(C=O)N(C)C(=O)OC(C)(C)C. The van der Waals surface area contributed by atoms with Crippen molar-refractivity contribution in [2.24, 2.45) is 0 Å².